The second-order valence-corrected chi connectivity index (χ2v) is 7.48. The Hall–Kier alpha value is -1.45. The van der Waals surface area contributed by atoms with Gasteiger partial charge in [0, 0.05) is 18.0 Å². The van der Waals surface area contributed by atoms with Crippen molar-refractivity contribution in [2.45, 2.75) is 66.5 Å². The van der Waals surface area contributed by atoms with Crippen LogP contribution in [0.4, 0.5) is 4.79 Å². The van der Waals surface area contributed by atoms with E-state index in [4.69, 9.17) is 4.42 Å². The molecule has 21 heavy (non-hydrogen) atoms. The summed E-state index contributed by atoms with van der Waals surface area (Å²) < 4.78 is 5.80. The molecule has 4 heteroatoms. The quantitative estimate of drug-likeness (QED) is 0.886. The van der Waals surface area contributed by atoms with Crippen LogP contribution in [-0.4, -0.2) is 12.1 Å². The van der Waals surface area contributed by atoms with Crippen LogP contribution >= 0.6 is 0 Å². The minimum Gasteiger partial charge on any atom is -0.466 e. The molecule has 0 saturated carbocycles. The highest BCUT2D eigenvalue weighted by Crippen LogP contribution is 2.41. The Kier molecular flexibility index (Phi) is 4.35. The zero-order chi connectivity index (χ0) is 15.8. The van der Waals surface area contributed by atoms with Crippen LogP contribution < -0.4 is 10.6 Å². The Morgan fingerprint density at radius 1 is 1.38 bits per heavy atom. The number of fused-ring (bicyclic) bond motifs is 1. The van der Waals surface area contributed by atoms with E-state index in [0.717, 1.165) is 29.9 Å². The lowest BCUT2D eigenvalue weighted by Gasteiger charge is -2.35. The summed E-state index contributed by atoms with van der Waals surface area (Å²) in [4.78, 5) is 12.2. The van der Waals surface area contributed by atoms with Gasteiger partial charge in [-0.2, -0.15) is 0 Å². The molecule has 2 rings (SSSR count). The average Bonchev–Trinajstić information content (AvgIpc) is 2.67. The Labute approximate surface area is 127 Å². The second-order valence-electron chi connectivity index (χ2n) is 7.48. The molecule has 0 unspecified atom stereocenters. The standard InChI is InChI=1S/C17H28N2O2/c1-10(2)12(4)18-16(20)19-14-8-17(5,6)9-15-13(14)7-11(3)21-15/h7,10,12,14H,8-9H2,1-6H3,(H2,18,19,20)/t12-,14-/m0/s1. The Morgan fingerprint density at radius 2 is 2.05 bits per heavy atom. The molecule has 4 nitrogen and oxygen atoms in total. The van der Waals surface area contributed by atoms with Crippen LogP contribution in [0, 0.1) is 18.3 Å². The monoisotopic (exact) mass is 292 g/mol. The molecule has 1 aliphatic rings. The van der Waals surface area contributed by atoms with E-state index in [2.05, 4.69) is 44.4 Å². The van der Waals surface area contributed by atoms with Gasteiger partial charge < -0.3 is 15.1 Å². The SMILES string of the molecule is Cc1cc2c(o1)CC(C)(C)C[C@@H]2NC(=O)N[C@@H](C)C(C)C. The first-order valence-electron chi connectivity index (χ1n) is 7.84. The molecule has 0 aliphatic heterocycles. The number of rotatable bonds is 3. The molecule has 118 valence electrons. The summed E-state index contributed by atoms with van der Waals surface area (Å²) in [5, 5.41) is 6.13. The highest BCUT2D eigenvalue weighted by molar-refractivity contribution is 5.74. The molecule has 0 aromatic carbocycles. The zero-order valence-corrected chi connectivity index (χ0v) is 14.0. The van der Waals surface area contributed by atoms with E-state index in [1.165, 1.54) is 0 Å². The number of carbonyl (C=O) groups excluding carboxylic acids is 1. The molecule has 0 saturated heterocycles. The van der Waals surface area contributed by atoms with E-state index in [9.17, 15) is 4.79 Å². The van der Waals surface area contributed by atoms with Gasteiger partial charge in [-0.05, 0) is 37.7 Å². The van der Waals surface area contributed by atoms with Crippen molar-refractivity contribution in [3.63, 3.8) is 0 Å². The maximum Gasteiger partial charge on any atom is 0.315 e. The van der Waals surface area contributed by atoms with Crippen molar-refractivity contribution in [1.29, 1.82) is 0 Å². The van der Waals surface area contributed by atoms with Crippen molar-refractivity contribution < 1.29 is 9.21 Å². The average molecular weight is 292 g/mol. The summed E-state index contributed by atoms with van der Waals surface area (Å²) in [5.41, 5.74) is 1.28. The van der Waals surface area contributed by atoms with Gasteiger partial charge in [-0.15, -0.1) is 0 Å². The topological polar surface area (TPSA) is 54.3 Å². The van der Waals surface area contributed by atoms with Gasteiger partial charge >= 0.3 is 6.03 Å². The third kappa shape index (κ3) is 3.80. The summed E-state index contributed by atoms with van der Waals surface area (Å²) in [7, 11) is 0. The molecule has 2 N–H and O–H groups in total. The number of furan rings is 1. The van der Waals surface area contributed by atoms with Crippen LogP contribution in [0.3, 0.4) is 0 Å². The molecule has 0 spiro atoms. The summed E-state index contributed by atoms with van der Waals surface area (Å²) in [5.74, 6) is 2.36. The number of nitrogens with one attached hydrogen (secondary N) is 2. The van der Waals surface area contributed by atoms with Crippen molar-refractivity contribution in [2.24, 2.45) is 11.3 Å². The molecule has 0 bridgehead atoms. The third-order valence-electron chi connectivity index (χ3n) is 4.40. The van der Waals surface area contributed by atoms with E-state index < -0.39 is 0 Å². The Morgan fingerprint density at radius 3 is 2.67 bits per heavy atom. The van der Waals surface area contributed by atoms with E-state index in [1.54, 1.807) is 0 Å². The largest absolute Gasteiger partial charge is 0.466 e. The zero-order valence-electron chi connectivity index (χ0n) is 14.0. The van der Waals surface area contributed by atoms with Crippen molar-refractivity contribution in [3.05, 3.63) is 23.2 Å². The van der Waals surface area contributed by atoms with Gasteiger partial charge in [-0.1, -0.05) is 27.7 Å². The summed E-state index contributed by atoms with van der Waals surface area (Å²) >= 11 is 0. The van der Waals surface area contributed by atoms with E-state index in [0.29, 0.717) is 5.92 Å². The molecular formula is C17H28N2O2. The number of hydrogen-bond donors (Lipinski definition) is 2. The van der Waals surface area contributed by atoms with Crippen LogP contribution in [0.25, 0.3) is 0 Å². The first-order valence-corrected chi connectivity index (χ1v) is 7.84. The van der Waals surface area contributed by atoms with Gasteiger partial charge in [0.15, 0.2) is 0 Å². The van der Waals surface area contributed by atoms with Gasteiger partial charge in [0.05, 0.1) is 6.04 Å². The van der Waals surface area contributed by atoms with E-state index in [1.807, 2.05) is 13.8 Å². The van der Waals surface area contributed by atoms with Crippen LogP contribution in [0.1, 0.15) is 64.2 Å². The van der Waals surface area contributed by atoms with E-state index >= 15 is 0 Å². The van der Waals surface area contributed by atoms with Crippen molar-refractivity contribution in [1.82, 2.24) is 10.6 Å². The predicted octanol–water partition coefficient (Wildman–Crippen LogP) is 3.95. The second kappa shape index (κ2) is 5.74. The molecule has 1 heterocycles. The summed E-state index contributed by atoms with van der Waals surface area (Å²) in [6.45, 7) is 12.6. The van der Waals surface area contributed by atoms with Crippen molar-refractivity contribution >= 4 is 6.03 Å². The number of hydrogen-bond acceptors (Lipinski definition) is 2. The fourth-order valence-electron chi connectivity index (χ4n) is 2.89. The number of urea groups is 1. The van der Waals surface area contributed by atoms with Gasteiger partial charge in [0.2, 0.25) is 0 Å². The molecule has 2 atom stereocenters. The number of carbonyl (C=O) groups is 1. The summed E-state index contributed by atoms with van der Waals surface area (Å²) in [6.07, 6.45) is 1.86. The first kappa shape index (κ1) is 15.9. The minimum absolute atomic E-state index is 0.0283. The molecule has 2 amide bonds. The minimum atomic E-state index is -0.0938. The van der Waals surface area contributed by atoms with Gasteiger partial charge in [0.25, 0.3) is 0 Å². The maximum absolute atomic E-state index is 12.2. The number of aryl methyl sites for hydroxylation is 1. The molecule has 1 aromatic rings. The molecule has 0 fully saturated rings. The smallest absolute Gasteiger partial charge is 0.315 e. The molecule has 1 aromatic heterocycles. The van der Waals surface area contributed by atoms with Gasteiger partial charge in [-0.3, -0.25) is 0 Å². The third-order valence-corrected chi connectivity index (χ3v) is 4.40. The Balaban J connectivity index is 2.10. The van der Waals surface area contributed by atoms with E-state index in [-0.39, 0.29) is 23.5 Å². The first-order chi connectivity index (χ1) is 9.68. The lowest BCUT2D eigenvalue weighted by molar-refractivity contribution is 0.210. The summed E-state index contributed by atoms with van der Waals surface area (Å²) in [6, 6.07) is 2.15. The fourth-order valence-corrected chi connectivity index (χ4v) is 2.89. The molecular weight excluding hydrogens is 264 g/mol. The molecule has 1 aliphatic carbocycles. The van der Waals surface area contributed by atoms with Crippen LogP contribution in [0.15, 0.2) is 10.5 Å². The predicted molar refractivity (Wildman–Crippen MR) is 84.3 cm³/mol. The van der Waals surface area contributed by atoms with Gasteiger partial charge in [0.1, 0.15) is 11.5 Å². The highest BCUT2D eigenvalue weighted by atomic mass is 16.3. The van der Waals surface area contributed by atoms with Crippen molar-refractivity contribution in [3.8, 4) is 0 Å². The lowest BCUT2D eigenvalue weighted by Crippen LogP contribution is -2.46. The maximum atomic E-state index is 12.2. The lowest BCUT2D eigenvalue weighted by atomic mass is 9.75. The molecule has 0 radical (unpaired) electrons. The number of amides is 2. The highest BCUT2D eigenvalue weighted by Gasteiger charge is 2.35. The fraction of sp³-hybridized carbons (Fsp3) is 0.706. The van der Waals surface area contributed by atoms with Gasteiger partial charge in [-0.25, -0.2) is 4.79 Å². The van der Waals surface area contributed by atoms with Crippen LogP contribution in [-0.2, 0) is 6.42 Å². The van der Waals surface area contributed by atoms with Crippen LogP contribution in [0.2, 0.25) is 0 Å². The normalized spacial score (nSPS) is 21.8. The van der Waals surface area contributed by atoms with Crippen molar-refractivity contribution in [2.75, 3.05) is 0 Å². The Bertz CT molecular complexity index is 517. The van der Waals surface area contributed by atoms with Crippen LogP contribution in [0.5, 0.6) is 0 Å².